The summed E-state index contributed by atoms with van der Waals surface area (Å²) in [5.41, 5.74) is 3.49. The number of fused-ring (bicyclic) bond motifs is 1. The third-order valence-electron chi connectivity index (χ3n) is 2.38. The zero-order valence-electron chi connectivity index (χ0n) is 9.27. The first-order valence-electron chi connectivity index (χ1n) is 5.11. The van der Waals surface area contributed by atoms with Gasteiger partial charge in [-0.25, -0.2) is 9.50 Å². The Morgan fingerprint density at radius 1 is 1.44 bits per heavy atom. The first-order valence-corrected chi connectivity index (χ1v) is 5.11. The number of aryl methyl sites for hydroxylation is 3. The van der Waals surface area contributed by atoms with Crippen LogP contribution in [-0.4, -0.2) is 25.7 Å². The van der Waals surface area contributed by atoms with Crippen molar-refractivity contribution in [2.24, 2.45) is 0 Å². The second kappa shape index (κ2) is 3.92. The highest BCUT2D eigenvalue weighted by atomic mass is 16.4. The van der Waals surface area contributed by atoms with Crippen LogP contribution >= 0.6 is 0 Å². The monoisotopic (exact) mass is 219 g/mol. The van der Waals surface area contributed by atoms with Gasteiger partial charge in [-0.3, -0.25) is 4.79 Å². The van der Waals surface area contributed by atoms with E-state index in [1.54, 1.807) is 4.52 Å². The maximum Gasteiger partial charge on any atom is 0.303 e. The van der Waals surface area contributed by atoms with E-state index in [0.29, 0.717) is 6.42 Å². The van der Waals surface area contributed by atoms with E-state index < -0.39 is 5.97 Å². The predicted molar refractivity (Wildman–Crippen MR) is 58.4 cm³/mol. The summed E-state index contributed by atoms with van der Waals surface area (Å²) in [6.45, 7) is 3.88. The zero-order valence-corrected chi connectivity index (χ0v) is 9.27. The Labute approximate surface area is 92.7 Å². The molecule has 1 N–H and O–H groups in total. The lowest BCUT2D eigenvalue weighted by Gasteiger charge is -1.98. The minimum absolute atomic E-state index is 0.0991. The normalized spacial score (nSPS) is 10.9. The van der Waals surface area contributed by atoms with E-state index >= 15 is 0 Å². The minimum atomic E-state index is -0.807. The van der Waals surface area contributed by atoms with Crippen LogP contribution in [0.4, 0.5) is 0 Å². The van der Waals surface area contributed by atoms with Crippen LogP contribution in [0.5, 0.6) is 0 Å². The molecule has 0 unspecified atom stereocenters. The smallest absolute Gasteiger partial charge is 0.303 e. The molecule has 0 aliphatic rings. The largest absolute Gasteiger partial charge is 0.481 e. The second-order valence-electron chi connectivity index (χ2n) is 3.84. The molecule has 0 fully saturated rings. The standard InChI is InChI=1S/C11H13N3O2/c1-7-5-8(2)14-10(12-7)6-9(13-14)3-4-11(15)16/h5-6H,3-4H2,1-2H3,(H,15,16). The van der Waals surface area contributed by atoms with E-state index in [0.717, 1.165) is 22.7 Å². The lowest BCUT2D eigenvalue weighted by atomic mass is 10.2. The fourth-order valence-electron chi connectivity index (χ4n) is 1.69. The van der Waals surface area contributed by atoms with E-state index in [-0.39, 0.29) is 6.42 Å². The Bertz CT molecular complexity index is 545. The van der Waals surface area contributed by atoms with Gasteiger partial charge < -0.3 is 5.11 Å². The number of nitrogens with zero attached hydrogens (tertiary/aromatic N) is 3. The first kappa shape index (κ1) is 10.6. The molecular formula is C11H13N3O2. The molecule has 0 spiro atoms. The highest BCUT2D eigenvalue weighted by molar-refractivity contribution is 5.67. The number of aliphatic carboxylic acids is 1. The molecule has 0 atom stereocenters. The number of hydrogen-bond acceptors (Lipinski definition) is 3. The quantitative estimate of drug-likeness (QED) is 0.846. The van der Waals surface area contributed by atoms with Gasteiger partial charge in [-0.05, 0) is 19.9 Å². The van der Waals surface area contributed by atoms with Gasteiger partial charge in [0.2, 0.25) is 0 Å². The molecule has 0 aromatic carbocycles. The van der Waals surface area contributed by atoms with Crippen LogP contribution in [0, 0.1) is 13.8 Å². The van der Waals surface area contributed by atoms with Crippen LogP contribution in [0.1, 0.15) is 23.5 Å². The van der Waals surface area contributed by atoms with Crippen LogP contribution in [0.25, 0.3) is 5.65 Å². The van der Waals surface area contributed by atoms with Crippen molar-refractivity contribution in [3.05, 3.63) is 29.2 Å². The summed E-state index contributed by atoms with van der Waals surface area (Å²) in [4.78, 5) is 14.8. The van der Waals surface area contributed by atoms with Crippen LogP contribution in [-0.2, 0) is 11.2 Å². The van der Waals surface area contributed by atoms with Gasteiger partial charge in [0.05, 0.1) is 12.1 Å². The van der Waals surface area contributed by atoms with Crippen molar-refractivity contribution >= 4 is 11.6 Å². The van der Waals surface area contributed by atoms with E-state index in [1.807, 2.05) is 26.0 Å². The molecule has 0 bridgehead atoms. The van der Waals surface area contributed by atoms with Crippen molar-refractivity contribution in [2.45, 2.75) is 26.7 Å². The lowest BCUT2D eigenvalue weighted by Crippen LogP contribution is -1.99. The summed E-state index contributed by atoms with van der Waals surface area (Å²) in [6.07, 6.45) is 0.541. The number of rotatable bonds is 3. The molecule has 0 aliphatic carbocycles. The van der Waals surface area contributed by atoms with Crippen molar-refractivity contribution in [2.75, 3.05) is 0 Å². The fraction of sp³-hybridized carbons (Fsp3) is 0.364. The number of carboxylic acid groups (broad SMARTS) is 1. The SMILES string of the molecule is Cc1cc(C)n2nc(CCC(=O)O)cc2n1. The Hall–Kier alpha value is -1.91. The molecule has 0 saturated carbocycles. The fourth-order valence-corrected chi connectivity index (χ4v) is 1.69. The Balaban J connectivity index is 2.36. The Morgan fingerprint density at radius 3 is 2.88 bits per heavy atom. The minimum Gasteiger partial charge on any atom is -0.481 e. The molecule has 16 heavy (non-hydrogen) atoms. The molecule has 0 aliphatic heterocycles. The average molecular weight is 219 g/mol. The topological polar surface area (TPSA) is 67.5 Å². The molecule has 5 heteroatoms. The van der Waals surface area contributed by atoms with E-state index in [2.05, 4.69) is 10.1 Å². The highest BCUT2D eigenvalue weighted by Crippen LogP contribution is 2.10. The molecule has 84 valence electrons. The predicted octanol–water partition coefficient (Wildman–Crippen LogP) is 1.36. The summed E-state index contributed by atoms with van der Waals surface area (Å²) in [5.74, 6) is -0.807. The molecule has 2 rings (SSSR count). The molecule has 2 heterocycles. The van der Waals surface area contributed by atoms with E-state index in [1.165, 1.54) is 0 Å². The zero-order chi connectivity index (χ0) is 11.7. The van der Waals surface area contributed by atoms with Gasteiger partial charge in [-0.2, -0.15) is 5.10 Å². The van der Waals surface area contributed by atoms with Crippen molar-refractivity contribution in [1.82, 2.24) is 14.6 Å². The third kappa shape index (κ3) is 2.03. The van der Waals surface area contributed by atoms with Gasteiger partial charge in [0.15, 0.2) is 5.65 Å². The number of aromatic nitrogens is 3. The molecule has 0 radical (unpaired) electrons. The van der Waals surface area contributed by atoms with E-state index in [9.17, 15) is 4.79 Å². The summed E-state index contributed by atoms with van der Waals surface area (Å²) >= 11 is 0. The highest BCUT2D eigenvalue weighted by Gasteiger charge is 2.07. The molecular weight excluding hydrogens is 206 g/mol. The Kier molecular flexibility index (Phi) is 2.60. The second-order valence-corrected chi connectivity index (χ2v) is 3.84. The molecule has 5 nitrogen and oxygen atoms in total. The van der Waals surface area contributed by atoms with E-state index in [4.69, 9.17) is 5.11 Å². The van der Waals surface area contributed by atoms with Crippen LogP contribution in [0.2, 0.25) is 0 Å². The van der Waals surface area contributed by atoms with Gasteiger partial charge >= 0.3 is 5.97 Å². The van der Waals surface area contributed by atoms with Gasteiger partial charge in [-0.15, -0.1) is 0 Å². The summed E-state index contributed by atoms with van der Waals surface area (Å²) < 4.78 is 1.74. The van der Waals surface area contributed by atoms with Crippen molar-refractivity contribution in [3.63, 3.8) is 0 Å². The third-order valence-corrected chi connectivity index (χ3v) is 2.38. The average Bonchev–Trinajstić information content (AvgIpc) is 2.57. The molecule has 2 aromatic heterocycles. The maximum atomic E-state index is 10.5. The van der Waals surface area contributed by atoms with Crippen molar-refractivity contribution in [3.8, 4) is 0 Å². The van der Waals surface area contributed by atoms with Gasteiger partial charge in [0.25, 0.3) is 0 Å². The molecule has 0 saturated heterocycles. The van der Waals surface area contributed by atoms with Gasteiger partial charge in [0, 0.05) is 23.9 Å². The van der Waals surface area contributed by atoms with Gasteiger partial charge in [0.1, 0.15) is 0 Å². The molecule has 2 aromatic rings. The van der Waals surface area contributed by atoms with Gasteiger partial charge in [-0.1, -0.05) is 0 Å². The summed E-state index contributed by atoms with van der Waals surface area (Å²) in [7, 11) is 0. The first-order chi connectivity index (χ1) is 7.56. The number of carbonyl (C=O) groups is 1. The maximum absolute atomic E-state index is 10.5. The van der Waals surface area contributed by atoms with Crippen LogP contribution in [0.15, 0.2) is 12.1 Å². The Morgan fingerprint density at radius 2 is 2.19 bits per heavy atom. The summed E-state index contributed by atoms with van der Waals surface area (Å²) in [5, 5.41) is 12.9. The van der Waals surface area contributed by atoms with Crippen LogP contribution < -0.4 is 0 Å². The number of hydrogen-bond donors (Lipinski definition) is 1. The van der Waals surface area contributed by atoms with Crippen molar-refractivity contribution < 1.29 is 9.90 Å². The van der Waals surface area contributed by atoms with Crippen LogP contribution in [0.3, 0.4) is 0 Å². The lowest BCUT2D eigenvalue weighted by molar-refractivity contribution is -0.136. The molecule has 0 amide bonds. The summed E-state index contributed by atoms with van der Waals surface area (Å²) in [6, 6.07) is 3.78. The number of carboxylic acids is 1. The van der Waals surface area contributed by atoms with Crippen molar-refractivity contribution in [1.29, 1.82) is 0 Å².